The van der Waals surface area contributed by atoms with Crippen LogP contribution in [0, 0.1) is 0 Å². The summed E-state index contributed by atoms with van der Waals surface area (Å²) >= 11 is 6.58. The topological polar surface area (TPSA) is 167 Å². The predicted molar refractivity (Wildman–Crippen MR) is 150 cm³/mol. The molecule has 3 aromatic heterocycles. The van der Waals surface area contributed by atoms with Crippen molar-refractivity contribution in [1.29, 1.82) is 0 Å². The van der Waals surface area contributed by atoms with Crippen molar-refractivity contribution in [2.45, 2.75) is 6.42 Å². The van der Waals surface area contributed by atoms with Gasteiger partial charge in [0.05, 0.1) is 23.2 Å². The molecule has 0 unspecified atom stereocenters. The molecular formula is C27H22ClN9O. The average molecular weight is 524 g/mol. The van der Waals surface area contributed by atoms with Crippen LogP contribution in [0.3, 0.4) is 0 Å². The highest BCUT2D eigenvalue weighted by Gasteiger charge is 2.17. The van der Waals surface area contributed by atoms with Gasteiger partial charge in [0, 0.05) is 16.3 Å². The van der Waals surface area contributed by atoms with Crippen LogP contribution in [0.4, 0.5) is 11.6 Å². The molecule has 6 aromatic rings. The van der Waals surface area contributed by atoms with Crippen LogP contribution in [0.1, 0.15) is 17.0 Å². The first-order chi connectivity index (χ1) is 18.4. The molecule has 3 aromatic carbocycles. The Balaban J connectivity index is 1.32. The number of nitrogens with two attached hydrogens (primary N) is 2. The molecule has 38 heavy (non-hydrogen) atoms. The van der Waals surface area contributed by atoms with Crippen molar-refractivity contribution in [3.63, 3.8) is 0 Å². The number of aromatic amines is 3. The van der Waals surface area contributed by atoms with E-state index in [4.69, 9.17) is 28.1 Å². The second-order valence-electron chi connectivity index (χ2n) is 8.80. The lowest BCUT2D eigenvalue weighted by Gasteiger charge is -2.09. The van der Waals surface area contributed by atoms with E-state index in [0.29, 0.717) is 34.0 Å². The number of aromatic nitrogens is 6. The number of amides is 1. The minimum absolute atomic E-state index is 0.139. The summed E-state index contributed by atoms with van der Waals surface area (Å²) in [6.07, 6.45) is 1.98. The zero-order chi connectivity index (χ0) is 26.2. The molecule has 0 radical (unpaired) electrons. The fourth-order valence-electron chi connectivity index (χ4n) is 4.32. The zero-order valence-corrected chi connectivity index (χ0v) is 20.7. The smallest absolute Gasteiger partial charge is 0.228 e. The Kier molecular flexibility index (Phi) is 5.78. The lowest BCUT2D eigenvalue weighted by molar-refractivity contribution is -0.119. The number of benzene rings is 3. The number of nitrogen functional groups attached to an aromatic ring is 2. The number of fused-ring (bicyclic) bond motifs is 2. The van der Waals surface area contributed by atoms with E-state index in [9.17, 15) is 4.79 Å². The number of nitrogens with one attached hydrogen (secondary N) is 4. The Hall–Kier alpha value is -5.09. The Bertz CT molecular complexity index is 1830. The van der Waals surface area contributed by atoms with Crippen LogP contribution in [0.25, 0.3) is 44.8 Å². The van der Waals surface area contributed by atoms with Gasteiger partial charge in [-0.1, -0.05) is 54.1 Å². The summed E-state index contributed by atoms with van der Waals surface area (Å²) in [6.45, 7) is 0. The van der Waals surface area contributed by atoms with Crippen molar-refractivity contribution in [2.75, 3.05) is 11.5 Å². The van der Waals surface area contributed by atoms with Gasteiger partial charge in [-0.15, -0.1) is 0 Å². The van der Waals surface area contributed by atoms with Crippen molar-refractivity contribution in [1.82, 2.24) is 35.7 Å². The largest absolute Gasteiger partial charge is 0.382 e. The minimum atomic E-state index is -0.220. The van der Waals surface area contributed by atoms with Gasteiger partial charge in [0.15, 0.2) is 17.5 Å². The average Bonchev–Trinajstić information content (AvgIpc) is 3.60. The maximum Gasteiger partial charge on any atom is 0.228 e. The Morgan fingerprint density at radius 3 is 2.34 bits per heavy atom. The SMILES string of the molecule is Nc1n[nH]c2cc(CC(=O)NC(=Cc3ccccc3)c3nc(-c4ccc5c(N)n[nH]c5c4)c(Cl)[nH]3)ccc12. The summed E-state index contributed by atoms with van der Waals surface area (Å²) in [7, 11) is 0. The molecule has 0 bridgehead atoms. The van der Waals surface area contributed by atoms with Crippen LogP contribution in [-0.4, -0.2) is 36.3 Å². The van der Waals surface area contributed by atoms with Crippen molar-refractivity contribution in [3.8, 4) is 11.3 Å². The first kappa shape index (κ1) is 23.3. The van der Waals surface area contributed by atoms with Crippen LogP contribution >= 0.6 is 11.6 Å². The first-order valence-electron chi connectivity index (χ1n) is 11.7. The summed E-state index contributed by atoms with van der Waals surface area (Å²) in [5.41, 5.74) is 16.8. The number of H-pyrrole nitrogens is 3. The molecule has 1 amide bonds. The van der Waals surface area contributed by atoms with Gasteiger partial charge in [-0.25, -0.2) is 4.98 Å². The highest BCUT2D eigenvalue weighted by molar-refractivity contribution is 6.32. The molecule has 0 aliphatic heterocycles. The monoisotopic (exact) mass is 523 g/mol. The maximum atomic E-state index is 13.1. The number of halogens is 1. The standard InChI is InChI=1S/C27H22ClN9O/c28-24-23(16-7-9-18-20(13-16)35-37-26(18)30)32-27(33-24)21(10-14-4-2-1-3-5-14)31-22(38)12-15-6-8-17-19(11-15)34-36-25(17)29/h1-11,13H,12H2,(H,31,38)(H,32,33)(H3,29,34,36)(H3,30,35,37). The number of carbonyl (C=O) groups excluding carboxylic acids is 1. The fraction of sp³-hybridized carbons (Fsp3) is 0.0370. The zero-order valence-electron chi connectivity index (χ0n) is 19.9. The molecule has 0 aliphatic carbocycles. The second-order valence-corrected chi connectivity index (χ2v) is 9.18. The van der Waals surface area contributed by atoms with E-state index in [1.54, 1.807) is 0 Å². The molecule has 11 heteroatoms. The van der Waals surface area contributed by atoms with E-state index in [1.807, 2.05) is 72.8 Å². The van der Waals surface area contributed by atoms with E-state index in [0.717, 1.165) is 38.5 Å². The molecule has 8 N–H and O–H groups in total. The van der Waals surface area contributed by atoms with Crippen LogP contribution in [0.2, 0.25) is 5.15 Å². The summed E-state index contributed by atoms with van der Waals surface area (Å²) in [6, 6.07) is 20.8. The van der Waals surface area contributed by atoms with Gasteiger partial charge in [0.2, 0.25) is 5.91 Å². The lowest BCUT2D eigenvalue weighted by atomic mass is 10.1. The summed E-state index contributed by atoms with van der Waals surface area (Å²) in [5.74, 6) is 1.04. The third-order valence-corrected chi connectivity index (χ3v) is 6.46. The Morgan fingerprint density at radius 2 is 1.61 bits per heavy atom. The van der Waals surface area contributed by atoms with Crippen molar-refractivity contribution in [3.05, 3.63) is 88.8 Å². The molecule has 0 spiro atoms. The maximum absolute atomic E-state index is 13.1. The van der Waals surface area contributed by atoms with Gasteiger partial charge in [-0.05, 0) is 41.5 Å². The molecule has 3 heterocycles. The minimum Gasteiger partial charge on any atom is -0.382 e. The Labute approximate surface area is 221 Å². The number of rotatable bonds is 6. The summed E-state index contributed by atoms with van der Waals surface area (Å²) < 4.78 is 0. The van der Waals surface area contributed by atoms with Crippen LogP contribution in [0.15, 0.2) is 66.7 Å². The number of hydrogen-bond donors (Lipinski definition) is 6. The van der Waals surface area contributed by atoms with Gasteiger partial charge in [-0.3, -0.25) is 15.0 Å². The van der Waals surface area contributed by atoms with Crippen LogP contribution in [-0.2, 0) is 11.2 Å². The Morgan fingerprint density at radius 1 is 0.921 bits per heavy atom. The first-order valence-corrected chi connectivity index (χ1v) is 12.1. The normalized spacial score (nSPS) is 11.9. The van der Waals surface area contributed by atoms with Crippen molar-refractivity contribution >= 4 is 62.7 Å². The van der Waals surface area contributed by atoms with Crippen molar-refractivity contribution < 1.29 is 4.79 Å². The molecule has 0 saturated heterocycles. The van der Waals surface area contributed by atoms with E-state index >= 15 is 0 Å². The lowest BCUT2D eigenvalue weighted by Crippen LogP contribution is -2.24. The third kappa shape index (κ3) is 4.44. The van der Waals surface area contributed by atoms with Gasteiger partial charge >= 0.3 is 0 Å². The van der Waals surface area contributed by atoms with E-state index < -0.39 is 0 Å². The highest BCUT2D eigenvalue weighted by atomic mass is 35.5. The molecule has 0 atom stereocenters. The highest BCUT2D eigenvalue weighted by Crippen LogP contribution is 2.31. The molecule has 10 nitrogen and oxygen atoms in total. The van der Waals surface area contributed by atoms with Gasteiger partial charge in [0.1, 0.15) is 10.8 Å². The summed E-state index contributed by atoms with van der Waals surface area (Å²) in [4.78, 5) is 21.0. The summed E-state index contributed by atoms with van der Waals surface area (Å²) in [5, 5.41) is 18.8. The molecular weight excluding hydrogens is 502 g/mol. The number of hydrogen-bond acceptors (Lipinski definition) is 6. The number of nitrogens with zero attached hydrogens (tertiary/aromatic N) is 3. The third-order valence-electron chi connectivity index (χ3n) is 6.19. The van der Waals surface area contributed by atoms with E-state index in [2.05, 4.69) is 30.7 Å². The molecule has 6 rings (SSSR count). The number of carbonyl (C=O) groups is 1. The van der Waals surface area contributed by atoms with Gasteiger partial charge < -0.3 is 21.8 Å². The second kappa shape index (κ2) is 9.41. The number of imidazole rings is 1. The molecule has 0 fully saturated rings. The van der Waals surface area contributed by atoms with E-state index in [1.165, 1.54) is 0 Å². The van der Waals surface area contributed by atoms with Gasteiger partial charge in [-0.2, -0.15) is 10.2 Å². The van der Waals surface area contributed by atoms with E-state index in [-0.39, 0.29) is 12.3 Å². The fourth-order valence-corrected chi connectivity index (χ4v) is 4.56. The van der Waals surface area contributed by atoms with Crippen LogP contribution in [0.5, 0.6) is 0 Å². The molecule has 0 aliphatic rings. The molecule has 188 valence electrons. The quantitative estimate of drug-likeness (QED) is 0.188. The molecule has 0 saturated carbocycles. The predicted octanol–water partition coefficient (Wildman–Crippen LogP) is 4.50. The number of anilines is 2. The van der Waals surface area contributed by atoms with Crippen molar-refractivity contribution in [2.24, 2.45) is 0 Å². The van der Waals surface area contributed by atoms with Crippen LogP contribution < -0.4 is 16.8 Å². The van der Waals surface area contributed by atoms with Gasteiger partial charge in [0.25, 0.3) is 0 Å².